The number of nitrogens with one attached hydrogen (secondary N) is 1. The smallest absolute Gasteiger partial charge is 0.313 e. The van der Waals surface area contributed by atoms with E-state index in [1.807, 2.05) is 11.9 Å². The summed E-state index contributed by atoms with van der Waals surface area (Å²) in [4.78, 5) is 23.7. The van der Waals surface area contributed by atoms with Crippen molar-refractivity contribution in [3.63, 3.8) is 0 Å². The van der Waals surface area contributed by atoms with Crippen molar-refractivity contribution in [3.8, 4) is 0 Å². The molecule has 1 saturated heterocycles. The third kappa shape index (κ3) is 2.41. The summed E-state index contributed by atoms with van der Waals surface area (Å²) in [7, 11) is 0. The van der Waals surface area contributed by atoms with E-state index in [0.717, 1.165) is 32.6 Å². The topological polar surface area (TPSA) is 59.3 Å². The number of hydrogen-bond donors (Lipinski definition) is 1. The number of aromatic nitrogens is 2. The molecule has 6 heteroatoms. The molecule has 94 valence electrons. The second-order valence-electron chi connectivity index (χ2n) is 4.14. The molecule has 0 bridgehead atoms. The number of hydrogen-bond acceptors (Lipinski definition) is 4. The first kappa shape index (κ1) is 11.9. The summed E-state index contributed by atoms with van der Waals surface area (Å²) in [5.74, 6) is 0. The number of rotatable bonds is 3. The van der Waals surface area contributed by atoms with Gasteiger partial charge < -0.3 is 10.3 Å². The average molecular weight is 238 g/mol. The van der Waals surface area contributed by atoms with Gasteiger partial charge >= 0.3 is 5.69 Å². The highest BCUT2D eigenvalue weighted by atomic mass is 16.2. The van der Waals surface area contributed by atoms with Crippen molar-refractivity contribution in [2.45, 2.75) is 19.9 Å². The third-order valence-corrected chi connectivity index (χ3v) is 2.90. The molecule has 0 aliphatic carbocycles. The Hall–Kier alpha value is -1.56. The first-order chi connectivity index (χ1) is 8.24. The zero-order chi connectivity index (χ0) is 12.3. The van der Waals surface area contributed by atoms with Gasteiger partial charge in [-0.3, -0.25) is 9.36 Å². The van der Waals surface area contributed by atoms with Crippen molar-refractivity contribution >= 4 is 0 Å². The van der Waals surface area contributed by atoms with Crippen molar-refractivity contribution in [2.24, 2.45) is 0 Å². The van der Waals surface area contributed by atoms with Gasteiger partial charge in [-0.05, 0) is 6.42 Å². The largest absolute Gasteiger partial charge is 0.349 e. The van der Waals surface area contributed by atoms with Crippen LogP contribution >= 0.6 is 0 Å². The maximum Gasteiger partial charge on any atom is 0.349 e. The van der Waals surface area contributed by atoms with Gasteiger partial charge in [0.2, 0.25) is 0 Å². The Kier molecular flexibility index (Phi) is 3.63. The quantitative estimate of drug-likeness (QED) is 0.731. The van der Waals surface area contributed by atoms with Crippen LogP contribution < -0.4 is 21.6 Å². The lowest BCUT2D eigenvalue weighted by Gasteiger charge is -2.30. The van der Waals surface area contributed by atoms with Crippen LogP contribution in [-0.2, 0) is 6.54 Å². The maximum atomic E-state index is 12.1. The standard InChI is InChI=1S/C11H18N4O2/c1-2-6-14-10(16)3-7-15(11(14)17)13-8-4-12-5-9-13/h3,7,12H,2,4-6,8-9H2,1H3. The van der Waals surface area contributed by atoms with Crippen LogP contribution in [0.3, 0.4) is 0 Å². The lowest BCUT2D eigenvalue weighted by Crippen LogP contribution is -2.55. The van der Waals surface area contributed by atoms with Crippen molar-refractivity contribution in [1.82, 2.24) is 14.6 Å². The summed E-state index contributed by atoms with van der Waals surface area (Å²) in [6.07, 6.45) is 2.35. The molecule has 1 aliphatic rings. The van der Waals surface area contributed by atoms with Crippen LogP contribution in [0.25, 0.3) is 0 Å². The van der Waals surface area contributed by atoms with Gasteiger partial charge in [0.25, 0.3) is 5.56 Å². The molecule has 1 aliphatic heterocycles. The van der Waals surface area contributed by atoms with Gasteiger partial charge in [-0.15, -0.1) is 0 Å². The van der Waals surface area contributed by atoms with E-state index in [4.69, 9.17) is 0 Å². The molecule has 0 radical (unpaired) electrons. The van der Waals surface area contributed by atoms with Gasteiger partial charge in [0, 0.05) is 45.0 Å². The maximum absolute atomic E-state index is 12.1. The summed E-state index contributed by atoms with van der Waals surface area (Å²) in [5.41, 5.74) is -0.454. The average Bonchev–Trinajstić information content (AvgIpc) is 2.36. The van der Waals surface area contributed by atoms with Crippen LogP contribution in [-0.4, -0.2) is 35.4 Å². The van der Waals surface area contributed by atoms with E-state index in [1.165, 1.54) is 10.6 Å². The number of piperazine rings is 1. The predicted molar refractivity (Wildman–Crippen MR) is 66.1 cm³/mol. The molecule has 1 fully saturated rings. The van der Waals surface area contributed by atoms with Gasteiger partial charge in [-0.2, -0.15) is 0 Å². The van der Waals surface area contributed by atoms with Crippen LogP contribution in [0.4, 0.5) is 0 Å². The minimum Gasteiger partial charge on any atom is -0.313 e. The molecule has 2 rings (SSSR count). The molecule has 0 unspecified atom stereocenters. The summed E-state index contributed by atoms with van der Waals surface area (Å²) in [5, 5.41) is 5.19. The van der Waals surface area contributed by atoms with E-state index < -0.39 is 0 Å². The van der Waals surface area contributed by atoms with E-state index in [1.54, 1.807) is 10.9 Å². The van der Waals surface area contributed by atoms with Crippen molar-refractivity contribution in [3.05, 3.63) is 33.1 Å². The van der Waals surface area contributed by atoms with Crippen LogP contribution in [0.15, 0.2) is 21.9 Å². The van der Waals surface area contributed by atoms with Crippen LogP contribution in [0.1, 0.15) is 13.3 Å². The van der Waals surface area contributed by atoms with Crippen LogP contribution in [0, 0.1) is 0 Å². The van der Waals surface area contributed by atoms with Crippen molar-refractivity contribution < 1.29 is 0 Å². The Morgan fingerprint density at radius 1 is 1.29 bits per heavy atom. The zero-order valence-electron chi connectivity index (χ0n) is 10.1. The fourth-order valence-corrected chi connectivity index (χ4v) is 2.02. The Morgan fingerprint density at radius 3 is 2.65 bits per heavy atom. The first-order valence-electron chi connectivity index (χ1n) is 6.02. The minimum atomic E-state index is -0.235. The summed E-state index contributed by atoms with van der Waals surface area (Å²) in [6, 6.07) is 1.46. The summed E-state index contributed by atoms with van der Waals surface area (Å²) in [6.45, 7) is 5.71. The van der Waals surface area contributed by atoms with Gasteiger partial charge in [-0.25, -0.2) is 9.47 Å². The molecule has 0 atom stereocenters. The normalized spacial score (nSPS) is 16.2. The van der Waals surface area contributed by atoms with Gasteiger partial charge in [-0.1, -0.05) is 6.92 Å². The van der Waals surface area contributed by atoms with E-state index in [0.29, 0.717) is 6.54 Å². The Balaban J connectivity index is 2.37. The van der Waals surface area contributed by atoms with Crippen molar-refractivity contribution in [2.75, 3.05) is 31.2 Å². The Bertz CT molecular complexity index is 485. The monoisotopic (exact) mass is 238 g/mol. The fourth-order valence-electron chi connectivity index (χ4n) is 2.02. The van der Waals surface area contributed by atoms with Crippen LogP contribution in [0.5, 0.6) is 0 Å². The first-order valence-corrected chi connectivity index (χ1v) is 6.02. The van der Waals surface area contributed by atoms with Gasteiger partial charge in [0.05, 0.1) is 0 Å². The van der Waals surface area contributed by atoms with E-state index >= 15 is 0 Å². The highest BCUT2D eigenvalue weighted by Crippen LogP contribution is 1.90. The molecule has 1 N–H and O–H groups in total. The van der Waals surface area contributed by atoms with Gasteiger partial charge in [0.1, 0.15) is 0 Å². The Morgan fingerprint density at radius 2 is 2.00 bits per heavy atom. The SMILES string of the molecule is CCCn1c(=O)ccn(N2CCNCC2)c1=O. The molecule has 1 aromatic rings. The molecular weight excluding hydrogens is 220 g/mol. The van der Waals surface area contributed by atoms with Crippen LogP contribution in [0.2, 0.25) is 0 Å². The highest BCUT2D eigenvalue weighted by molar-refractivity contribution is 4.96. The molecule has 0 amide bonds. The molecule has 1 aromatic heterocycles. The van der Waals surface area contributed by atoms with Crippen molar-refractivity contribution in [1.29, 1.82) is 0 Å². The molecule has 0 spiro atoms. The molecule has 17 heavy (non-hydrogen) atoms. The summed E-state index contributed by atoms with van der Waals surface area (Å²) < 4.78 is 2.85. The van der Waals surface area contributed by atoms with Gasteiger partial charge in [0.15, 0.2) is 0 Å². The molecular formula is C11H18N4O2. The second kappa shape index (κ2) is 5.18. The third-order valence-electron chi connectivity index (χ3n) is 2.90. The highest BCUT2D eigenvalue weighted by Gasteiger charge is 2.13. The minimum absolute atomic E-state index is 0.219. The van der Waals surface area contributed by atoms with E-state index in [-0.39, 0.29) is 11.2 Å². The van der Waals surface area contributed by atoms with E-state index in [2.05, 4.69) is 5.32 Å². The molecule has 2 heterocycles. The molecule has 0 aromatic carbocycles. The second-order valence-corrected chi connectivity index (χ2v) is 4.14. The fraction of sp³-hybridized carbons (Fsp3) is 0.636. The lowest BCUT2D eigenvalue weighted by atomic mass is 10.4. The molecule has 0 saturated carbocycles. The number of nitrogens with zero attached hydrogens (tertiary/aromatic N) is 3. The Labute approximate surface area is 99.4 Å². The summed E-state index contributed by atoms with van der Waals surface area (Å²) >= 11 is 0. The predicted octanol–water partition coefficient (Wildman–Crippen LogP) is -1.04. The van der Waals surface area contributed by atoms with E-state index in [9.17, 15) is 9.59 Å². The lowest BCUT2D eigenvalue weighted by molar-refractivity contribution is 0.455. The zero-order valence-corrected chi connectivity index (χ0v) is 10.1. The molecule has 6 nitrogen and oxygen atoms in total.